The van der Waals surface area contributed by atoms with Crippen LogP contribution in [0.4, 0.5) is 0 Å². The maximum atomic E-state index is 12.1. The Hall–Kier alpha value is -1.64. The van der Waals surface area contributed by atoms with Gasteiger partial charge in [0.05, 0.1) is 0 Å². The van der Waals surface area contributed by atoms with Crippen molar-refractivity contribution in [1.82, 2.24) is 0 Å². The highest BCUT2D eigenvalue weighted by atomic mass is 35.5. The summed E-state index contributed by atoms with van der Waals surface area (Å²) in [6.07, 6.45) is 0.170. The van der Waals surface area contributed by atoms with Gasteiger partial charge in [0.2, 0.25) is 11.6 Å². The minimum absolute atomic E-state index is 0.0361. The van der Waals surface area contributed by atoms with Crippen molar-refractivity contribution in [3.8, 4) is 0 Å². The number of carbonyl (C=O) groups is 2. The van der Waals surface area contributed by atoms with Gasteiger partial charge in [-0.1, -0.05) is 42.3 Å². The van der Waals surface area contributed by atoms with Crippen LogP contribution in [-0.4, -0.2) is 11.6 Å². The summed E-state index contributed by atoms with van der Waals surface area (Å²) in [4.78, 5) is 24.1. The molecule has 0 bridgehead atoms. The van der Waals surface area contributed by atoms with Crippen molar-refractivity contribution in [1.29, 1.82) is 0 Å². The second-order valence-corrected chi connectivity index (χ2v) is 5.79. The van der Waals surface area contributed by atoms with Gasteiger partial charge in [-0.2, -0.15) is 0 Å². The maximum absolute atomic E-state index is 12.1. The Morgan fingerprint density at radius 1 is 0.905 bits per heavy atom. The van der Waals surface area contributed by atoms with E-state index in [0.717, 1.165) is 5.56 Å². The van der Waals surface area contributed by atoms with Gasteiger partial charge in [-0.05, 0) is 47.9 Å². The van der Waals surface area contributed by atoms with Crippen molar-refractivity contribution in [3.63, 3.8) is 0 Å². The third-order valence-electron chi connectivity index (χ3n) is 3.29. The van der Waals surface area contributed by atoms with Gasteiger partial charge in [0.15, 0.2) is 0 Å². The zero-order valence-electron chi connectivity index (χ0n) is 11.5. The van der Waals surface area contributed by atoms with Gasteiger partial charge in [0, 0.05) is 22.0 Å². The van der Waals surface area contributed by atoms with Crippen LogP contribution in [0.1, 0.15) is 35.2 Å². The molecule has 0 aliphatic heterocycles. The molecule has 0 aliphatic rings. The number of hydrogen-bond acceptors (Lipinski definition) is 2. The number of carbonyl (C=O) groups excluding carboxylic acids is 2. The molecule has 21 heavy (non-hydrogen) atoms. The second-order valence-electron chi connectivity index (χ2n) is 4.92. The van der Waals surface area contributed by atoms with E-state index in [-0.39, 0.29) is 12.3 Å². The third-order valence-corrected chi connectivity index (χ3v) is 3.79. The zero-order chi connectivity index (χ0) is 15.4. The van der Waals surface area contributed by atoms with Crippen LogP contribution >= 0.6 is 23.2 Å². The molecule has 2 rings (SSSR count). The molecule has 2 aromatic carbocycles. The van der Waals surface area contributed by atoms with Gasteiger partial charge in [0.25, 0.3) is 0 Å². The lowest BCUT2D eigenvalue weighted by Gasteiger charge is -2.10. The molecule has 4 heteroatoms. The van der Waals surface area contributed by atoms with Gasteiger partial charge < -0.3 is 0 Å². The fraction of sp³-hybridized carbons (Fsp3) is 0.176. The van der Waals surface area contributed by atoms with E-state index in [0.29, 0.717) is 15.6 Å². The first-order chi connectivity index (χ1) is 9.97. The molecule has 2 nitrogen and oxygen atoms in total. The Kier molecular flexibility index (Phi) is 5.16. The minimum atomic E-state index is -0.479. The fourth-order valence-electron chi connectivity index (χ4n) is 2.04. The molecule has 0 spiro atoms. The largest absolute Gasteiger partial charge is 0.290 e. The average Bonchev–Trinajstić information content (AvgIpc) is 2.47. The third kappa shape index (κ3) is 4.16. The lowest BCUT2D eigenvalue weighted by molar-refractivity contribution is -0.115. The predicted molar refractivity (Wildman–Crippen MR) is 85.3 cm³/mol. The van der Waals surface area contributed by atoms with Crippen molar-refractivity contribution >= 4 is 34.8 Å². The van der Waals surface area contributed by atoms with Crippen molar-refractivity contribution < 1.29 is 9.59 Å². The standard InChI is InChI=1S/C17H14Cl2O2/c1-11(12-2-6-14(18)7-3-12)10-16(20)17(21)13-4-8-15(19)9-5-13/h2-9,11H,10H2,1H3. The van der Waals surface area contributed by atoms with E-state index in [1.54, 1.807) is 36.4 Å². The van der Waals surface area contributed by atoms with E-state index in [1.807, 2.05) is 19.1 Å². The average molecular weight is 321 g/mol. The highest BCUT2D eigenvalue weighted by Crippen LogP contribution is 2.22. The zero-order valence-corrected chi connectivity index (χ0v) is 13.0. The number of ketones is 2. The van der Waals surface area contributed by atoms with Gasteiger partial charge in [-0.25, -0.2) is 0 Å². The summed E-state index contributed by atoms with van der Waals surface area (Å²) in [5.41, 5.74) is 1.35. The lowest BCUT2D eigenvalue weighted by Crippen LogP contribution is -2.16. The molecule has 0 aromatic heterocycles. The summed E-state index contributed by atoms with van der Waals surface area (Å²) in [5, 5.41) is 1.18. The molecule has 0 saturated carbocycles. The normalized spacial score (nSPS) is 12.0. The van der Waals surface area contributed by atoms with Crippen LogP contribution in [0.5, 0.6) is 0 Å². The van der Waals surface area contributed by atoms with Crippen LogP contribution in [0, 0.1) is 0 Å². The van der Waals surface area contributed by atoms with Crippen LogP contribution in [0.25, 0.3) is 0 Å². The van der Waals surface area contributed by atoms with Crippen molar-refractivity contribution in [3.05, 3.63) is 69.7 Å². The molecule has 108 valence electrons. The molecule has 0 radical (unpaired) electrons. The Morgan fingerprint density at radius 3 is 1.90 bits per heavy atom. The minimum Gasteiger partial charge on any atom is -0.290 e. The molecule has 0 N–H and O–H groups in total. The van der Waals surface area contributed by atoms with Gasteiger partial charge >= 0.3 is 0 Å². The summed E-state index contributed by atoms with van der Waals surface area (Å²) >= 11 is 11.6. The van der Waals surface area contributed by atoms with E-state index >= 15 is 0 Å². The molecular weight excluding hydrogens is 307 g/mol. The first-order valence-corrected chi connectivity index (χ1v) is 7.31. The topological polar surface area (TPSA) is 34.1 Å². The van der Waals surface area contributed by atoms with Crippen LogP contribution in [0.15, 0.2) is 48.5 Å². The Labute approximate surface area is 133 Å². The van der Waals surface area contributed by atoms with Gasteiger partial charge in [-0.3, -0.25) is 9.59 Å². The van der Waals surface area contributed by atoms with E-state index in [2.05, 4.69) is 0 Å². The van der Waals surface area contributed by atoms with Crippen LogP contribution in [0.3, 0.4) is 0 Å². The maximum Gasteiger partial charge on any atom is 0.228 e. The smallest absolute Gasteiger partial charge is 0.228 e. The summed E-state index contributed by atoms with van der Waals surface area (Å²) in [6, 6.07) is 13.6. The SMILES string of the molecule is CC(CC(=O)C(=O)c1ccc(Cl)cc1)c1ccc(Cl)cc1. The molecular formula is C17H14Cl2O2. The first kappa shape index (κ1) is 15.7. The van der Waals surface area contributed by atoms with E-state index in [1.165, 1.54) is 0 Å². The molecule has 0 saturated heterocycles. The van der Waals surface area contributed by atoms with Gasteiger partial charge in [-0.15, -0.1) is 0 Å². The fourth-order valence-corrected chi connectivity index (χ4v) is 2.29. The number of halogens is 2. The molecule has 0 heterocycles. The summed E-state index contributed by atoms with van der Waals surface area (Å²) in [6.45, 7) is 1.91. The quantitative estimate of drug-likeness (QED) is 0.577. The van der Waals surface area contributed by atoms with Crippen LogP contribution < -0.4 is 0 Å². The van der Waals surface area contributed by atoms with Crippen molar-refractivity contribution in [2.45, 2.75) is 19.3 Å². The molecule has 0 amide bonds. The molecule has 1 atom stereocenters. The van der Waals surface area contributed by atoms with Crippen molar-refractivity contribution in [2.75, 3.05) is 0 Å². The number of benzene rings is 2. The Morgan fingerprint density at radius 2 is 1.38 bits per heavy atom. The van der Waals surface area contributed by atoms with Crippen molar-refractivity contribution in [2.24, 2.45) is 0 Å². The summed E-state index contributed by atoms with van der Waals surface area (Å²) in [7, 11) is 0. The molecule has 0 aliphatic carbocycles. The second kappa shape index (κ2) is 6.88. The van der Waals surface area contributed by atoms with E-state index < -0.39 is 11.6 Å². The molecule has 1 unspecified atom stereocenters. The first-order valence-electron chi connectivity index (χ1n) is 6.56. The van der Waals surface area contributed by atoms with Crippen LogP contribution in [-0.2, 0) is 4.79 Å². The number of Topliss-reactive ketones (excluding diaryl/α,β-unsaturated/α-hetero) is 2. The highest BCUT2D eigenvalue weighted by molar-refractivity contribution is 6.44. The Balaban J connectivity index is 2.05. The lowest BCUT2D eigenvalue weighted by atomic mass is 9.93. The number of hydrogen-bond donors (Lipinski definition) is 0. The monoisotopic (exact) mass is 320 g/mol. The Bertz CT molecular complexity index is 645. The number of rotatable bonds is 5. The predicted octanol–water partition coefficient (Wildman–Crippen LogP) is 4.94. The highest BCUT2D eigenvalue weighted by Gasteiger charge is 2.19. The van der Waals surface area contributed by atoms with E-state index in [9.17, 15) is 9.59 Å². The summed E-state index contributed by atoms with van der Waals surface area (Å²) in [5.74, 6) is -0.918. The summed E-state index contributed by atoms with van der Waals surface area (Å²) < 4.78 is 0. The molecule has 0 fully saturated rings. The molecule has 2 aromatic rings. The van der Waals surface area contributed by atoms with Gasteiger partial charge in [0.1, 0.15) is 0 Å². The van der Waals surface area contributed by atoms with E-state index in [4.69, 9.17) is 23.2 Å². The van der Waals surface area contributed by atoms with Crippen LogP contribution in [0.2, 0.25) is 10.0 Å².